The van der Waals surface area contributed by atoms with Gasteiger partial charge in [0.1, 0.15) is 21.1 Å². The van der Waals surface area contributed by atoms with Crippen molar-refractivity contribution in [3.63, 3.8) is 0 Å². The van der Waals surface area contributed by atoms with Crippen LogP contribution in [-0.2, 0) is 6.42 Å². The molecular formula is C18H10ClN5O2S2. The predicted octanol–water partition coefficient (Wildman–Crippen LogP) is 5.18. The summed E-state index contributed by atoms with van der Waals surface area (Å²) >= 11 is 8.32. The van der Waals surface area contributed by atoms with Crippen LogP contribution in [0.1, 0.15) is 10.6 Å². The van der Waals surface area contributed by atoms with Crippen LogP contribution in [0.5, 0.6) is 0 Å². The summed E-state index contributed by atoms with van der Waals surface area (Å²) in [5.74, 6) is 0. The lowest BCUT2D eigenvalue weighted by atomic mass is 10.1. The Kier molecular flexibility index (Phi) is 5.00. The zero-order chi connectivity index (χ0) is 19.7. The Bertz CT molecular complexity index is 1210. The third-order valence-corrected chi connectivity index (χ3v) is 5.78. The molecule has 28 heavy (non-hydrogen) atoms. The summed E-state index contributed by atoms with van der Waals surface area (Å²) in [5, 5.41) is 28.8. The van der Waals surface area contributed by atoms with Crippen LogP contribution in [0.2, 0.25) is 5.02 Å². The number of benzene rings is 2. The smallest absolute Gasteiger partial charge is 0.258 e. The van der Waals surface area contributed by atoms with Crippen molar-refractivity contribution < 1.29 is 4.92 Å². The van der Waals surface area contributed by atoms with Gasteiger partial charge in [0.25, 0.3) is 5.69 Å². The SMILES string of the molecule is N#CSc1c(-c2ccc([N+](=O)[O-])cc2)nc2sc(Cc3ccc(Cl)cc3)nn12. The first-order valence-corrected chi connectivity index (χ1v) is 10.00. The minimum Gasteiger partial charge on any atom is -0.258 e. The number of imidazole rings is 1. The van der Waals surface area contributed by atoms with Gasteiger partial charge in [-0.2, -0.15) is 14.9 Å². The minimum atomic E-state index is -0.453. The fraction of sp³-hybridized carbons (Fsp3) is 0.0556. The molecule has 0 saturated carbocycles. The standard InChI is InChI=1S/C18H10ClN5O2S2/c19-13-5-1-11(2-6-13)9-15-22-23-17(27-10-20)16(21-18(23)28-15)12-3-7-14(8-4-12)24(25)26/h1-8H,9H2. The number of hydrogen-bond donors (Lipinski definition) is 0. The first-order chi connectivity index (χ1) is 13.5. The molecule has 7 nitrogen and oxygen atoms in total. The van der Waals surface area contributed by atoms with E-state index >= 15 is 0 Å². The molecule has 0 aliphatic heterocycles. The van der Waals surface area contributed by atoms with E-state index in [1.165, 1.54) is 23.5 Å². The molecule has 0 spiro atoms. The average Bonchev–Trinajstić information content (AvgIpc) is 3.22. The van der Waals surface area contributed by atoms with Gasteiger partial charge in [0, 0.05) is 40.9 Å². The highest BCUT2D eigenvalue weighted by atomic mass is 35.5. The largest absolute Gasteiger partial charge is 0.269 e. The third kappa shape index (κ3) is 3.57. The van der Waals surface area contributed by atoms with E-state index in [1.807, 2.05) is 24.3 Å². The number of fused-ring (bicyclic) bond motifs is 1. The van der Waals surface area contributed by atoms with Gasteiger partial charge < -0.3 is 0 Å². The maximum Gasteiger partial charge on any atom is 0.269 e. The van der Waals surface area contributed by atoms with Crippen LogP contribution in [-0.4, -0.2) is 19.5 Å². The molecular weight excluding hydrogens is 418 g/mol. The van der Waals surface area contributed by atoms with E-state index in [0.717, 1.165) is 22.3 Å². The van der Waals surface area contributed by atoms with Gasteiger partial charge in [0.05, 0.1) is 4.92 Å². The van der Waals surface area contributed by atoms with Gasteiger partial charge in [-0.1, -0.05) is 35.1 Å². The summed E-state index contributed by atoms with van der Waals surface area (Å²) in [6.45, 7) is 0. The highest BCUT2D eigenvalue weighted by Crippen LogP contribution is 2.34. The number of hydrogen-bond acceptors (Lipinski definition) is 7. The van der Waals surface area contributed by atoms with Crippen LogP contribution < -0.4 is 0 Å². The number of nitro groups is 1. The average molecular weight is 428 g/mol. The quantitative estimate of drug-likeness (QED) is 0.188. The maximum absolute atomic E-state index is 10.8. The number of thiocyanates is 1. The van der Waals surface area contributed by atoms with Crippen LogP contribution in [0.25, 0.3) is 16.2 Å². The van der Waals surface area contributed by atoms with Crippen LogP contribution in [0.4, 0.5) is 5.69 Å². The lowest BCUT2D eigenvalue weighted by Crippen LogP contribution is -1.92. The molecule has 0 aliphatic carbocycles. The highest BCUT2D eigenvalue weighted by molar-refractivity contribution is 8.03. The number of aromatic nitrogens is 3. The number of nitrogens with zero attached hydrogens (tertiary/aromatic N) is 5. The Hall–Kier alpha value is -2.93. The van der Waals surface area contributed by atoms with Gasteiger partial charge >= 0.3 is 0 Å². The molecule has 4 rings (SSSR count). The Morgan fingerprint density at radius 2 is 1.93 bits per heavy atom. The van der Waals surface area contributed by atoms with E-state index in [4.69, 9.17) is 11.6 Å². The molecule has 0 unspecified atom stereocenters. The molecule has 2 aromatic carbocycles. The number of halogens is 1. The molecule has 0 bridgehead atoms. The Balaban J connectivity index is 1.71. The molecule has 0 radical (unpaired) electrons. The van der Waals surface area contributed by atoms with Crippen molar-refractivity contribution in [2.75, 3.05) is 0 Å². The van der Waals surface area contributed by atoms with Crippen molar-refractivity contribution >= 4 is 45.3 Å². The number of nitriles is 1. The number of thioether (sulfide) groups is 1. The van der Waals surface area contributed by atoms with Crippen molar-refractivity contribution in [1.29, 1.82) is 5.26 Å². The van der Waals surface area contributed by atoms with Crippen molar-refractivity contribution in [3.05, 3.63) is 74.2 Å². The van der Waals surface area contributed by atoms with Gasteiger partial charge in [0.15, 0.2) is 0 Å². The highest BCUT2D eigenvalue weighted by Gasteiger charge is 2.19. The van der Waals surface area contributed by atoms with E-state index in [2.05, 4.69) is 15.5 Å². The molecule has 2 heterocycles. The fourth-order valence-corrected chi connectivity index (χ4v) is 4.35. The van der Waals surface area contributed by atoms with Crippen LogP contribution in [0.15, 0.2) is 53.6 Å². The first-order valence-electron chi connectivity index (χ1n) is 7.99. The van der Waals surface area contributed by atoms with Crippen LogP contribution >= 0.6 is 34.7 Å². The fourth-order valence-electron chi connectivity index (χ4n) is 2.68. The van der Waals surface area contributed by atoms with Gasteiger partial charge in [-0.25, -0.2) is 4.98 Å². The predicted molar refractivity (Wildman–Crippen MR) is 109 cm³/mol. The zero-order valence-corrected chi connectivity index (χ0v) is 16.5. The van der Waals surface area contributed by atoms with E-state index in [-0.39, 0.29) is 5.69 Å². The van der Waals surface area contributed by atoms with Gasteiger partial charge in [-0.05, 0) is 29.8 Å². The Morgan fingerprint density at radius 1 is 1.21 bits per heavy atom. The van der Waals surface area contributed by atoms with E-state index < -0.39 is 4.92 Å². The minimum absolute atomic E-state index is 0.00244. The zero-order valence-electron chi connectivity index (χ0n) is 14.1. The van der Waals surface area contributed by atoms with Gasteiger partial charge in [0.2, 0.25) is 4.96 Å². The number of rotatable bonds is 5. The second kappa shape index (κ2) is 7.59. The van der Waals surface area contributed by atoms with Crippen molar-refractivity contribution in [3.8, 4) is 16.7 Å². The lowest BCUT2D eigenvalue weighted by Gasteiger charge is -2.00. The Labute approximate surface area is 172 Å². The number of nitro benzene ring substituents is 1. The molecule has 0 N–H and O–H groups in total. The second-order valence-corrected chi connectivity index (χ2v) is 8.01. The normalized spacial score (nSPS) is 10.9. The first kappa shape index (κ1) is 18.4. The van der Waals surface area contributed by atoms with Crippen molar-refractivity contribution in [1.82, 2.24) is 14.6 Å². The number of non-ortho nitro benzene ring substituents is 1. The molecule has 2 aromatic heterocycles. The molecule has 0 saturated heterocycles. The van der Waals surface area contributed by atoms with E-state index in [0.29, 0.717) is 32.7 Å². The van der Waals surface area contributed by atoms with Crippen molar-refractivity contribution in [2.24, 2.45) is 0 Å². The van der Waals surface area contributed by atoms with Gasteiger partial charge in [-0.3, -0.25) is 10.1 Å². The lowest BCUT2D eigenvalue weighted by molar-refractivity contribution is -0.384. The summed E-state index contributed by atoms with van der Waals surface area (Å²) in [6.07, 6.45) is 0.634. The molecule has 4 aromatic rings. The van der Waals surface area contributed by atoms with E-state index in [1.54, 1.807) is 16.6 Å². The second-order valence-electron chi connectivity index (χ2n) is 5.76. The molecule has 0 aliphatic rings. The monoisotopic (exact) mass is 427 g/mol. The van der Waals surface area contributed by atoms with Crippen molar-refractivity contribution in [2.45, 2.75) is 11.4 Å². The van der Waals surface area contributed by atoms with Crippen LogP contribution in [0, 0.1) is 20.8 Å². The summed E-state index contributed by atoms with van der Waals surface area (Å²) in [7, 11) is 0. The summed E-state index contributed by atoms with van der Waals surface area (Å²) in [4.78, 5) is 15.7. The van der Waals surface area contributed by atoms with Crippen LogP contribution in [0.3, 0.4) is 0 Å². The van der Waals surface area contributed by atoms with E-state index in [9.17, 15) is 15.4 Å². The third-order valence-electron chi connectivity index (χ3n) is 3.97. The molecule has 0 fully saturated rings. The molecule has 0 amide bonds. The molecule has 10 heteroatoms. The Morgan fingerprint density at radius 3 is 2.57 bits per heavy atom. The topological polar surface area (TPSA) is 97.1 Å². The summed E-state index contributed by atoms with van der Waals surface area (Å²) in [6, 6.07) is 13.6. The maximum atomic E-state index is 10.8. The van der Waals surface area contributed by atoms with Gasteiger partial charge in [-0.15, -0.1) is 0 Å². The summed E-state index contributed by atoms with van der Waals surface area (Å²) < 4.78 is 1.65. The summed E-state index contributed by atoms with van der Waals surface area (Å²) in [5.41, 5.74) is 2.35. The molecule has 138 valence electrons. The molecule has 0 atom stereocenters.